The van der Waals surface area contributed by atoms with Crippen molar-refractivity contribution >= 4 is 0 Å². The van der Waals surface area contributed by atoms with Gasteiger partial charge < -0.3 is 10.2 Å². The van der Waals surface area contributed by atoms with Crippen molar-refractivity contribution in [2.24, 2.45) is 0 Å². The molecule has 2 atom stereocenters. The fraction of sp³-hybridized carbons (Fsp3) is 0.200. The molecule has 0 radical (unpaired) electrons. The van der Waals surface area contributed by atoms with Gasteiger partial charge in [0, 0.05) is 17.5 Å². The Morgan fingerprint density at radius 3 is 1.47 bits per heavy atom. The van der Waals surface area contributed by atoms with Crippen molar-refractivity contribution in [3.8, 4) is 0 Å². The molecule has 0 saturated carbocycles. The molecule has 100 valence electrons. The summed E-state index contributed by atoms with van der Waals surface area (Å²) in [5, 5.41) is 19.8. The van der Waals surface area contributed by atoms with Crippen LogP contribution >= 0.6 is 0 Å². The van der Waals surface area contributed by atoms with Gasteiger partial charge in [-0.15, -0.1) is 0 Å². The van der Waals surface area contributed by atoms with Crippen LogP contribution in [0.3, 0.4) is 0 Å². The minimum Gasteiger partial charge on any atom is -0.388 e. The van der Waals surface area contributed by atoms with E-state index in [2.05, 4.69) is 0 Å². The molecule has 19 heavy (non-hydrogen) atoms. The maximum Gasteiger partial charge on any atom is 0.129 e. The fourth-order valence-corrected chi connectivity index (χ4v) is 1.96. The van der Waals surface area contributed by atoms with Crippen LogP contribution in [-0.2, 0) is 0 Å². The smallest absolute Gasteiger partial charge is 0.129 e. The minimum atomic E-state index is -1.18. The quantitative estimate of drug-likeness (QED) is 0.890. The lowest BCUT2D eigenvalue weighted by molar-refractivity contribution is 0.0764. The van der Waals surface area contributed by atoms with E-state index in [1.54, 1.807) is 12.1 Å². The van der Waals surface area contributed by atoms with Crippen molar-refractivity contribution in [3.63, 3.8) is 0 Å². The van der Waals surface area contributed by atoms with E-state index in [0.717, 1.165) is 0 Å². The van der Waals surface area contributed by atoms with Gasteiger partial charge in [-0.25, -0.2) is 8.78 Å². The van der Waals surface area contributed by atoms with Gasteiger partial charge >= 0.3 is 0 Å². The first kappa shape index (κ1) is 13.6. The van der Waals surface area contributed by atoms with E-state index < -0.39 is 23.8 Å². The maximum absolute atomic E-state index is 13.5. The van der Waals surface area contributed by atoms with Gasteiger partial charge in [0.1, 0.15) is 11.6 Å². The van der Waals surface area contributed by atoms with Crippen molar-refractivity contribution in [1.82, 2.24) is 0 Å². The Hall–Kier alpha value is -1.78. The van der Waals surface area contributed by atoms with Crippen molar-refractivity contribution in [1.29, 1.82) is 0 Å². The van der Waals surface area contributed by atoms with E-state index in [4.69, 9.17) is 0 Å². The predicted octanol–water partition coefficient (Wildman–Crippen LogP) is 3.12. The molecule has 0 spiro atoms. The van der Waals surface area contributed by atoms with E-state index in [1.807, 2.05) is 0 Å². The van der Waals surface area contributed by atoms with Crippen LogP contribution in [0.15, 0.2) is 48.5 Å². The number of hydrogen-bond acceptors (Lipinski definition) is 2. The van der Waals surface area contributed by atoms with Crippen LogP contribution in [-0.4, -0.2) is 10.2 Å². The molecular weight excluding hydrogens is 250 g/mol. The Morgan fingerprint density at radius 1 is 0.737 bits per heavy atom. The topological polar surface area (TPSA) is 40.5 Å². The molecule has 0 aliphatic carbocycles. The molecule has 0 heterocycles. The zero-order chi connectivity index (χ0) is 13.8. The van der Waals surface area contributed by atoms with Crippen LogP contribution in [0.1, 0.15) is 29.8 Å². The molecular formula is C15H14F2O2. The number of hydrogen-bond donors (Lipinski definition) is 2. The number of aliphatic hydroxyl groups excluding tert-OH is 2. The summed E-state index contributed by atoms with van der Waals surface area (Å²) in [4.78, 5) is 0. The third kappa shape index (κ3) is 3.16. The number of rotatable bonds is 4. The van der Waals surface area contributed by atoms with Gasteiger partial charge in [-0.3, -0.25) is 0 Å². The monoisotopic (exact) mass is 264 g/mol. The largest absolute Gasteiger partial charge is 0.388 e. The van der Waals surface area contributed by atoms with Crippen LogP contribution in [0.2, 0.25) is 0 Å². The zero-order valence-corrected chi connectivity index (χ0v) is 10.1. The third-order valence-corrected chi connectivity index (χ3v) is 2.97. The maximum atomic E-state index is 13.5. The average Bonchev–Trinajstić information content (AvgIpc) is 2.39. The molecule has 2 rings (SSSR count). The Bertz CT molecular complexity index is 508. The highest BCUT2D eigenvalue weighted by Gasteiger charge is 2.19. The Kier molecular flexibility index (Phi) is 4.24. The second kappa shape index (κ2) is 5.91. The van der Waals surface area contributed by atoms with Gasteiger partial charge in [-0.2, -0.15) is 0 Å². The first-order chi connectivity index (χ1) is 9.09. The summed E-state index contributed by atoms with van der Waals surface area (Å²) in [6.45, 7) is 0. The highest BCUT2D eigenvalue weighted by Crippen LogP contribution is 2.28. The van der Waals surface area contributed by atoms with Crippen LogP contribution < -0.4 is 0 Å². The Morgan fingerprint density at radius 2 is 1.11 bits per heavy atom. The number of halogens is 2. The highest BCUT2D eigenvalue weighted by atomic mass is 19.1. The predicted molar refractivity (Wildman–Crippen MR) is 67.3 cm³/mol. The molecule has 0 aliphatic heterocycles. The molecule has 2 N–H and O–H groups in total. The van der Waals surface area contributed by atoms with Crippen molar-refractivity contribution in [2.45, 2.75) is 18.6 Å². The lowest BCUT2D eigenvalue weighted by Gasteiger charge is -2.17. The molecule has 2 aromatic carbocycles. The Labute approximate surface area is 110 Å². The molecule has 2 nitrogen and oxygen atoms in total. The third-order valence-electron chi connectivity index (χ3n) is 2.97. The van der Waals surface area contributed by atoms with E-state index >= 15 is 0 Å². The Balaban J connectivity index is 2.13. The molecule has 0 fully saturated rings. The summed E-state index contributed by atoms with van der Waals surface area (Å²) in [6, 6.07) is 11.6. The summed E-state index contributed by atoms with van der Waals surface area (Å²) in [6.07, 6.45) is -2.53. The van der Waals surface area contributed by atoms with Crippen LogP contribution in [0, 0.1) is 11.6 Å². The summed E-state index contributed by atoms with van der Waals surface area (Å²) >= 11 is 0. The van der Waals surface area contributed by atoms with Crippen molar-refractivity contribution in [3.05, 3.63) is 71.3 Å². The van der Waals surface area contributed by atoms with Crippen LogP contribution in [0.4, 0.5) is 8.78 Å². The van der Waals surface area contributed by atoms with E-state index in [1.165, 1.54) is 36.4 Å². The molecule has 4 heteroatoms. The van der Waals surface area contributed by atoms with Crippen molar-refractivity contribution < 1.29 is 19.0 Å². The first-order valence-electron chi connectivity index (χ1n) is 5.94. The van der Waals surface area contributed by atoms with E-state index in [9.17, 15) is 19.0 Å². The van der Waals surface area contributed by atoms with Crippen LogP contribution in [0.5, 0.6) is 0 Å². The normalized spacial score (nSPS) is 14.1. The number of benzene rings is 2. The molecule has 0 aromatic heterocycles. The van der Waals surface area contributed by atoms with Crippen molar-refractivity contribution in [2.75, 3.05) is 0 Å². The van der Waals surface area contributed by atoms with Gasteiger partial charge in [-0.05, 0) is 12.1 Å². The first-order valence-corrected chi connectivity index (χ1v) is 5.94. The van der Waals surface area contributed by atoms with E-state index in [-0.39, 0.29) is 17.5 Å². The molecule has 0 amide bonds. The average molecular weight is 264 g/mol. The SMILES string of the molecule is O[C@H](C[C@@H](O)c1ccccc1F)c1ccccc1F. The van der Waals surface area contributed by atoms with E-state index in [0.29, 0.717) is 0 Å². The highest BCUT2D eigenvalue weighted by molar-refractivity contribution is 5.23. The fourth-order valence-electron chi connectivity index (χ4n) is 1.96. The van der Waals surface area contributed by atoms with Gasteiger partial charge in [0.05, 0.1) is 12.2 Å². The zero-order valence-electron chi connectivity index (χ0n) is 10.1. The van der Waals surface area contributed by atoms with Crippen LogP contribution in [0.25, 0.3) is 0 Å². The summed E-state index contributed by atoms with van der Waals surface area (Å²) in [7, 11) is 0. The molecule has 0 unspecified atom stereocenters. The van der Waals surface area contributed by atoms with Gasteiger partial charge in [-0.1, -0.05) is 36.4 Å². The standard InChI is InChI=1S/C15H14F2O2/c16-12-7-3-1-5-10(12)14(18)9-15(19)11-6-2-4-8-13(11)17/h1-8,14-15,18-19H,9H2/t14-,15-/m1/s1. The summed E-state index contributed by atoms with van der Waals surface area (Å²) < 4.78 is 26.9. The molecule has 0 aliphatic rings. The second-order valence-corrected chi connectivity index (χ2v) is 4.31. The summed E-state index contributed by atoms with van der Waals surface area (Å²) in [5.74, 6) is -1.09. The van der Waals surface area contributed by atoms with Gasteiger partial charge in [0.25, 0.3) is 0 Å². The van der Waals surface area contributed by atoms with Gasteiger partial charge in [0.2, 0.25) is 0 Å². The lowest BCUT2D eigenvalue weighted by Crippen LogP contribution is -2.08. The van der Waals surface area contributed by atoms with Gasteiger partial charge in [0.15, 0.2) is 0 Å². The second-order valence-electron chi connectivity index (χ2n) is 4.31. The molecule has 0 saturated heterocycles. The molecule has 2 aromatic rings. The lowest BCUT2D eigenvalue weighted by atomic mass is 9.98. The molecule has 0 bridgehead atoms. The minimum absolute atomic E-state index is 0.0953. The summed E-state index contributed by atoms with van der Waals surface area (Å²) in [5.41, 5.74) is 0.191. The number of aliphatic hydroxyl groups is 2.